The molecule has 0 N–H and O–H groups in total. The number of ether oxygens (including phenoxy) is 1. The molecule has 0 fully saturated rings. The Morgan fingerprint density at radius 2 is 0.984 bits per heavy atom. The normalized spacial score (nSPS) is 12.5. The van der Waals surface area contributed by atoms with Crippen LogP contribution in [0, 0.1) is 6.92 Å². The Kier molecular flexibility index (Phi) is 9.39. The maximum absolute atomic E-state index is 7.14. The Bertz CT molecular complexity index is 3080. The third kappa shape index (κ3) is 6.89. The second kappa shape index (κ2) is 15.4. The number of anilines is 6. The summed E-state index contributed by atoms with van der Waals surface area (Å²) in [5, 5.41) is 0. The van der Waals surface area contributed by atoms with Crippen molar-refractivity contribution in [1.29, 1.82) is 0 Å². The molecule has 302 valence electrons. The Morgan fingerprint density at radius 3 is 1.60 bits per heavy atom. The molecule has 0 aliphatic carbocycles. The summed E-state index contributed by atoms with van der Waals surface area (Å²) in [6.45, 7) is 8.97. The van der Waals surface area contributed by atoms with Gasteiger partial charge < -0.3 is 14.5 Å². The molecule has 0 aromatic heterocycles. The molecule has 63 heavy (non-hydrogen) atoms. The van der Waals surface area contributed by atoms with Gasteiger partial charge >= 0.3 is 0 Å². The number of benzene rings is 9. The van der Waals surface area contributed by atoms with Gasteiger partial charge in [-0.1, -0.05) is 166 Å². The maximum atomic E-state index is 7.14. The molecule has 0 amide bonds. The molecule has 2 aliphatic rings. The van der Waals surface area contributed by atoms with Crippen LogP contribution in [0.4, 0.5) is 34.1 Å². The average Bonchev–Trinajstić information content (AvgIpc) is 3.32. The Balaban J connectivity index is 1.14. The standard InChI is InChI=1S/C59H47BN2O/c1-40-35-55-58-57(36-40)63-56-39-49(61(47-21-13-7-14-22-47)48-23-15-8-16-24-48)31-33-52(56)60(58)51-32-27-45(42-19-11-6-12-20-42)38-54(51)62(55)53-34-28-44(41-17-9-5-10-18-41)37-50(53)43-25-29-46(30-26-43)59(2,3)4/h5-39H,1-4H3. The van der Waals surface area contributed by atoms with Gasteiger partial charge in [-0.25, -0.2) is 0 Å². The van der Waals surface area contributed by atoms with Crippen molar-refractivity contribution in [2.75, 3.05) is 9.80 Å². The molecule has 2 aliphatic heterocycles. The van der Waals surface area contributed by atoms with Gasteiger partial charge in [-0.3, -0.25) is 0 Å². The van der Waals surface area contributed by atoms with Crippen molar-refractivity contribution in [3.05, 3.63) is 223 Å². The molecule has 9 aromatic rings. The predicted octanol–water partition coefficient (Wildman–Crippen LogP) is 14.2. The molecule has 11 rings (SSSR count). The van der Waals surface area contributed by atoms with Crippen molar-refractivity contribution in [1.82, 2.24) is 0 Å². The van der Waals surface area contributed by atoms with E-state index in [-0.39, 0.29) is 12.1 Å². The van der Waals surface area contributed by atoms with Crippen molar-refractivity contribution in [2.24, 2.45) is 0 Å². The van der Waals surface area contributed by atoms with Crippen molar-refractivity contribution in [3.8, 4) is 44.9 Å². The highest BCUT2D eigenvalue weighted by Gasteiger charge is 2.43. The van der Waals surface area contributed by atoms with Crippen LogP contribution in [-0.4, -0.2) is 6.71 Å². The monoisotopic (exact) mass is 810 g/mol. The molecule has 0 unspecified atom stereocenters. The van der Waals surface area contributed by atoms with E-state index >= 15 is 0 Å². The zero-order valence-corrected chi connectivity index (χ0v) is 36.1. The predicted molar refractivity (Wildman–Crippen MR) is 267 cm³/mol. The Morgan fingerprint density at radius 1 is 0.429 bits per heavy atom. The first-order valence-corrected chi connectivity index (χ1v) is 21.9. The van der Waals surface area contributed by atoms with Crippen LogP contribution in [0.2, 0.25) is 0 Å². The molecule has 0 radical (unpaired) electrons. The van der Waals surface area contributed by atoms with Gasteiger partial charge in [0.25, 0.3) is 6.71 Å². The maximum Gasteiger partial charge on any atom is 0.256 e. The molecule has 0 atom stereocenters. The summed E-state index contributed by atoms with van der Waals surface area (Å²) >= 11 is 0. The third-order valence-corrected chi connectivity index (χ3v) is 12.7. The number of nitrogens with zero attached hydrogens (tertiary/aromatic N) is 2. The lowest BCUT2D eigenvalue weighted by Crippen LogP contribution is -2.59. The van der Waals surface area contributed by atoms with E-state index in [2.05, 4.69) is 250 Å². The smallest absolute Gasteiger partial charge is 0.256 e. The van der Waals surface area contributed by atoms with E-state index in [1.54, 1.807) is 0 Å². The second-order valence-corrected chi connectivity index (χ2v) is 17.9. The number of aryl methyl sites for hydroxylation is 1. The van der Waals surface area contributed by atoms with E-state index in [1.807, 2.05) is 0 Å². The highest BCUT2D eigenvalue weighted by Crippen LogP contribution is 2.47. The van der Waals surface area contributed by atoms with Gasteiger partial charge in [-0.2, -0.15) is 0 Å². The summed E-state index contributed by atoms with van der Waals surface area (Å²) in [6, 6.07) is 77.2. The van der Waals surface area contributed by atoms with Crippen LogP contribution in [0.1, 0.15) is 31.9 Å². The highest BCUT2D eigenvalue weighted by molar-refractivity contribution is 6.99. The van der Waals surface area contributed by atoms with Crippen LogP contribution in [0.5, 0.6) is 11.5 Å². The van der Waals surface area contributed by atoms with Gasteiger partial charge in [0.15, 0.2) is 0 Å². The molecule has 0 spiro atoms. The largest absolute Gasteiger partial charge is 0.458 e. The van der Waals surface area contributed by atoms with Crippen LogP contribution in [0.15, 0.2) is 212 Å². The van der Waals surface area contributed by atoms with Crippen molar-refractivity contribution in [2.45, 2.75) is 33.1 Å². The van der Waals surface area contributed by atoms with Crippen molar-refractivity contribution in [3.63, 3.8) is 0 Å². The third-order valence-electron chi connectivity index (χ3n) is 12.7. The fourth-order valence-corrected chi connectivity index (χ4v) is 9.60. The summed E-state index contributed by atoms with van der Waals surface area (Å²) in [4.78, 5) is 4.82. The number of hydrogen-bond donors (Lipinski definition) is 0. The zero-order chi connectivity index (χ0) is 42.7. The quantitative estimate of drug-likeness (QED) is 0.149. The SMILES string of the molecule is Cc1cc2c3c(c1)N(c1ccc(-c4ccccc4)cc1-c1ccc(C(C)(C)C)cc1)c1cc(-c4ccccc4)ccc1B3c1ccc(N(c3ccccc3)c3ccccc3)cc1O2. The number of fused-ring (bicyclic) bond motifs is 4. The lowest BCUT2D eigenvalue weighted by molar-refractivity contribution is 0.487. The van der Waals surface area contributed by atoms with Crippen molar-refractivity contribution >= 4 is 57.2 Å². The molecule has 2 heterocycles. The van der Waals surface area contributed by atoms with E-state index in [0.717, 1.165) is 56.6 Å². The van der Waals surface area contributed by atoms with Crippen LogP contribution in [0.25, 0.3) is 33.4 Å². The van der Waals surface area contributed by atoms with Crippen LogP contribution >= 0.6 is 0 Å². The van der Waals surface area contributed by atoms with Gasteiger partial charge in [-0.05, 0) is 128 Å². The minimum absolute atomic E-state index is 0.0426. The van der Waals surface area contributed by atoms with Gasteiger partial charge in [-0.15, -0.1) is 0 Å². The van der Waals surface area contributed by atoms with Crippen molar-refractivity contribution < 1.29 is 4.74 Å². The highest BCUT2D eigenvalue weighted by atomic mass is 16.5. The van der Waals surface area contributed by atoms with Crippen LogP contribution < -0.4 is 30.9 Å². The first kappa shape index (κ1) is 38.4. The zero-order valence-electron chi connectivity index (χ0n) is 36.1. The molecule has 0 saturated heterocycles. The Labute approximate surface area is 371 Å². The minimum atomic E-state index is -0.0514. The fraction of sp³-hybridized carbons (Fsp3) is 0.0847. The molecular weight excluding hydrogens is 763 g/mol. The van der Waals surface area contributed by atoms with Crippen LogP contribution in [-0.2, 0) is 5.41 Å². The molecule has 0 bridgehead atoms. The fourth-order valence-electron chi connectivity index (χ4n) is 9.60. The lowest BCUT2D eigenvalue weighted by Gasteiger charge is -2.41. The number of para-hydroxylation sites is 2. The van der Waals surface area contributed by atoms with Gasteiger partial charge in [0.1, 0.15) is 11.5 Å². The van der Waals surface area contributed by atoms with E-state index in [4.69, 9.17) is 4.74 Å². The Hall–Kier alpha value is -7.56. The lowest BCUT2D eigenvalue weighted by atomic mass is 9.34. The first-order valence-electron chi connectivity index (χ1n) is 21.9. The summed E-state index contributed by atoms with van der Waals surface area (Å²) in [7, 11) is 0. The van der Waals surface area contributed by atoms with E-state index in [9.17, 15) is 0 Å². The number of hydrogen-bond acceptors (Lipinski definition) is 3. The summed E-state index contributed by atoms with van der Waals surface area (Å²) in [5.41, 5.74) is 19.8. The summed E-state index contributed by atoms with van der Waals surface area (Å²) in [6.07, 6.45) is 0. The molecule has 4 heteroatoms. The van der Waals surface area contributed by atoms with Gasteiger partial charge in [0.05, 0.1) is 5.69 Å². The molecule has 3 nitrogen and oxygen atoms in total. The molecular formula is C59H47BN2O. The first-order chi connectivity index (χ1) is 30.8. The molecule has 0 saturated carbocycles. The van der Waals surface area contributed by atoms with Gasteiger partial charge in [0, 0.05) is 40.1 Å². The molecule has 9 aromatic carbocycles. The second-order valence-electron chi connectivity index (χ2n) is 17.9. The number of rotatable bonds is 7. The topological polar surface area (TPSA) is 15.7 Å². The minimum Gasteiger partial charge on any atom is -0.458 e. The summed E-state index contributed by atoms with van der Waals surface area (Å²) < 4.78 is 7.14. The van der Waals surface area contributed by atoms with Gasteiger partial charge in [0.2, 0.25) is 0 Å². The van der Waals surface area contributed by atoms with Crippen LogP contribution in [0.3, 0.4) is 0 Å². The van der Waals surface area contributed by atoms with E-state index in [1.165, 1.54) is 49.9 Å². The van der Waals surface area contributed by atoms with E-state index < -0.39 is 0 Å². The summed E-state index contributed by atoms with van der Waals surface area (Å²) in [5.74, 6) is 1.77. The van der Waals surface area contributed by atoms with E-state index in [0.29, 0.717) is 0 Å². The average molecular weight is 811 g/mol.